The van der Waals surface area contributed by atoms with Crippen LogP contribution in [0.2, 0.25) is 5.02 Å². The molecule has 3 aromatic carbocycles. The zero-order chi connectivity index (χ0) is 19.7. The van der Waals surface area contributed by atoms with E-state index in [0.717, 1.165) is 4.68 Å². The first-order valence-corrected chi connectivity index (χ1v) is 8.76. The Morgan fingerprint density at radius 1 is 0.964 bits per heavy atom. The van der Waals surface area contributed by atoms with Gasteiger partial charge in [0.2, 0.25) is 0 Å². The molecule has 5 nitrogen and oxygen atoms in total. The second-order valence-electron chi connectivity index (χ2n) is 5.99. The molecular formula is C21H13ClFN3O2. The number of hydrogen-bond donors (Lipinski definition) is 1. The number of halogens is 2. The SMILES string of the molecule is O=C(Nn1c(-c2ccccc2F)nc2ccccc2c1=O)c1ccccc1Cl. The van der Waals surface area contributed by atoms with Crippen LogP contribution in [0.3, 0.4) is 0 Å². The second kappa shape index (κ2) is 7.25. The number of rotatable bonds is 3. The van der Waals surface area contributed by atoms with E-state index in [1.807, 2.05) is 0 Å². The van der Waals surface area contributed by atoms with Gasteiger partial charge in [0.25, 0.3) is 11.5 Å². The van der Waals surface area contributed by atoms with Crippen molar-refractivity contribution >= 4 is 28.4 Å². The molecule has 0 saturated heterocycles. The minimum atomic E-state index is -0.609. The first kappa shape index (κ1) is 17.9. The Morgan fingerprint density at radius 2 is 1.64 bits per heavy atom. The average molecular weight is 394 g/mol. The number of hydrogen-bond acceptors (Lipinski definition) is 3. The first-order chi connectivity index (χ1) is 13.6. The minimum absolute atomic E-state index is 0.0118. The number of nitrogens with one attached hydrogen (secondary N) is 1. The highest BCUT2D eigenvalue weighted by Gasteiger charge is 2.18. The average Bonchev–Trinajstić information content (AvgIpc) is 2.71. The summed E-state index contributed by atoms with van der Waals surface area (Å²) in [6, 6.07) is 19.0. The van der Waals surface area contributed by atoms with Crippen molar-refractivity contribution in [2.45, 2.75) is 0 Å². The molecule has 28 heavy (non-hydrogen) atoms. The molecule has 0 unspecified atom stereocenters. The highest BCUT2D eigenvalue weighted by molar-refractivity contribution is 6.34. The Bertz CT molecular complexity index is 1270. The van der Waals surface area contributed by atoms with Crippen LogP contribution in [-0.2, 0) is 0 Å². The number of para-hydroxylation sites is 1. The van der Waals surface area contributed by atoms with Crippen LogP contribution in [0, 0.1) is 5.82 Å². The van der Waals surface area contributed by atoms with Gasteiger partial charge in [-0.1, -0.05) is 48.0 Å². The first-order valence-electron chi connectivity index (χ1n) is 8.39. The molecule has 4 aromatic rings. The van der Waals surface area contributed by atoms with Gasteiger partial charge in [-0.2, -0.15) is 4.68 Å². The van der Waals surface area contributed by atoms with Crippen molar-refractivity contribution in [2.75, 3.05) is 5.43 Å². The van der Waals surface area contributed by atoms with Crippen LogP contribution < -0.4 is 11.0 Å². The van der Waals surface area contributed by atoms with E-state index in [0.29, 0.717) is 10.9 Å². The molecule has 0 fully saturated rings. The van der Waals surface area contributed by atoms with Crippen LogP contribution in [-0.4, -0.2) is 15.6 Å². The van der Waals surface area contributed by atoms with E-state index in [-0.39, 0.29) is 22.0 Å². The summed E-state index contributed by atoms with van der Waals surface area (Å²) in [4.78, 5) is 30.2. The maximum Gasteiger partial charge on any atom is 0.280 e. The van der Waals surface area contributed by atoms with Gasteiger partial charge in [-0.3, -0.25) is 15.0 Å². The van der Waals surface area contributed by atoms with E-state index in [1.54, 1.807) is 48.5 Å². The third-order valence-electron chi connectivity index (χ3n) is 4.22. The Morgan fingerprint density at radius 3 is 2.43 bits per heavy atom. The van der Waals surface area contributed by atoms with Crippen molar-refractivity contribution in [3.05, 3.63) is 99.6 Å². The summed E-state index contributed by atoms with van der Waals surface area (Å²) in [6.45, 7) is 0. The molecule has 0 aliphatic rings. The van der Waals surface area contributed by atoms with Gasteiger partial charge in [0.1, 0.15) is 5.82 Å². The van der Waals surface area contributed by atoms with E-state index < -0.39 is 17.3 Å². The van der Waals surface area contributed by atoms with E-state index >= 15 is 0 Å². The lowest BCUT2D eigenvalue weighted by atomic mass is 10.1. The van der Waals surface area contributed by atoms with Crippen LogP contribution in [0.25, 0.3) is 22.3 Å². The molecule has 7 heteroatoms. The topological polar surface area (TPSA) is 64.0 Å². The quantitative estimate of drug-likeness (QED) is 0.566. The molecule has 0 atom stereocenters. The maximum absolute atomic E-state index is 14.4. The smallest absolute Gasteiger partial charge is 0.267 e. The third-order valence-corrected chi connectivity index (χ3v) is 4.55. The summed E-state index contributed by atoms with van der Waals surface area (Å²) in [5.74, 6) is -1.19. The number of fused-ring (bicyclic) bond motifs is 1. The summed E-state index contributed by atoms with van der Waals surface area (Å²) in [6.07, 6.45) is 0. The van der Waals surface area contributed by atoms with Gasteiger partial charge in [0.05, 0.1) is 27.1 Å². The number of carbonyl (C=O) groups is 1. The van der Waals surface area contributed by atoms with Gasteiger partial charge in [-0.15, -0.1) is 0 Å². The van der Waals surface area contributed by atoms with Gasteiger partial charge in [-0.25, -0.2) is 9.37 Å². The predicted molar refractivity (Wildman–Crippen MR) is 107 cm³/mol. The molecule has 138 valence electrons. The molecule has 1 N–H and O–H groups in total. The molecule has 1 aromatic heterocycles. The standard InChI is InChI=1S/C21H13ClFN3O2/c22-16-10-4-1-7-13(16)20(27)25-26-19(14-8-2-5-11-17(14)23)24-18-12-6-3-9-15(18)21(26)28/h1-12H,(H,25,27). The van der Waals surface area contributed by atoms with E-state index in [4.69, 9.17) is 11.6 Å². The Hall–Kier alpha value is -3.51. The summed E-state index contributed by atoms with van der Waals surface area (Å²) in [5.41, 5.74) is 2.65. The van der Waals surface area contributed by atoms with Gasteiger partial charge < -0.3 is 0 Å². The Kier molecular flexibility index (Phi) is 4.63. The molecule has 0 bridgehead atoms. The normalized spacial score (nSPS) is 10.8. The molecule has 0 radical (unpaired) electrons. The predicted octanol–water partition coefficient (Wildman–Crippen LogP) is 4.24. The Balaban J connectivity index is 1.94. The van der Waals surface area contributed by atoms with Crippen molar-refractivity contribution in [3.8, 4) is 11.4 Å². The number of amides is 1. The Labute approximate surface area is 164 Å². The summed E-state index contributed by atoms with van der Waals surface area (Å²) < 4.78 is 15.4. The summed E-state index contributed by atoms with van der Waals surface area (Å²) in [7, 11) is 0. The molecule has 1 heterocycles. The molecule has 0 aliphatic carbocycles. The largest absolute Gasteiger partial charge is 0.280 e. The molecule has 0 saturated carbocycles. The van der Waals surface area contributed by atoms with Crippen LogP contribution in [0.5, 0.6) is 0 Å². The van der Waals surface area contributed by atoms with E-state index in [1.165, 1.54) is 24.3 Å². The summed E-state index contributed by atoms with van der Waals surface area (Å²) >= 11 is 6.08. The van der Waals surface area contributed by atoms with Crippen molar-refractivity contribution < 1.29 is 9.18 Å². The van der Waals surface area contributed by atoms with Crippen molar-refractivity contribution in [1.82, 2.24) is 9.66 Å². The molecular weight excluding hydrogens is 381 g/mol. The van der Waals surface area contributed by atoms with E-state index in [9.17, 15) is 14.0 Å². The number of nitrogens with zero attached hydrogens (tertiary/aromatic N) is 2. The highest BCUT2D eigenvalue weighted by atomic mass is 35.5. The van der Waals surface area contributed by atoms with Crippen molar-refractivity contribution in [3.63, 3.8) is 0 Å². The fourth-order valence-electron chi connectivity index (χ4n) is 2.87. The van der Waals surface area contributed by atoms with Gasteiger partial charge >= 0.3 is 0 Å². The molecule has 0 aliphatic heterocycles. The number of carbonyl (C=O) groups excluding carboxylic acids is 1. The van der Waals surface area contributed by atoms with Gasteiger partial charge in [-0.05, 0) is 36.4 Å². The highest BCUT2D eigenvalue weighted by Crippen LogP contribution is 2.22. The fourth-order valence-corrected chi connectivity index (χ4v) is 3.09. The van der Waals surface area contributed by atoms with Crippen LogP contribution in [0.15, 0.2) is 77.6 Å². The lowest BCUT2D eigenvalue weighted by Crippen LogP contribution is -2.35. The van der Waals surface area contributed by atoms with E-state index in [2.05, 4.69) is 10.4 Å². The molecule has 1 amide bonds. The summed E-state index contributed by atoms with van der Waals surface area (Å²) in [5, 5.41) is 0.524. The molecule has 4 rings (SSSR count). The van der Waals surface area contributed by atoms with Gasteiger partial charge in [0, 0.05) is 0 Å². The minimum Gasteiger partial charge on any atom is -0.267 e. The zero-order valence-electron chi connectivity index (χ0n) is 14.4. The van der Waals surface area contributed by atoms with Crippen molar-refractivity contribution in [1.29, 1.82) is 0 Å². The number of aromatic nitrogens is 2. The number of benzene rings is 3. The van der Waals surface area contributed by atoms with Gasteiger partial charge in [0.15, 0.2) is 5.82 Å². The monoisotopic (exact) mass is 393 g/mol. The van der Waals surface area contributed by atoms with Crippen LogP contribution in [0.4, 0.5) is 4.39 Å². The van der Waals surface area contributed by atoms with Crippen molar-refractivity contribution in [2.24, 2.45) is 0 Å². The molecule has 0 spiro atoms. The maximum atomic E-state index is 14.4. The third kappa shape index (κ3) is 3.14. The fraction of sp³-hybridized carbons (Fsp3) is 0. The van der Waals surface area contributed by atoms with Crippen LogP contribution in [0.1, 0.15) is 10.4 Å². The second-order valence-corrected chi connectivity index (χ2v) is 6.40. The zero-order valence-corrected chi connectivity index (χ0v) is 15.2. The van der Waals surface area contributed by atoms with Crippen LogP contribution >= 0.6 is 11.6 Å². The lowest BCUT2D eigenvalue weighted by Gasteiger charge is -2.15. The lowest BCUT2D eigenvalue weighted by molar-refractivity contribution is 0.101.